The van der Waals surface area contributed by atoms with Crippen molar-refractivity contribution in [2.24, 2.45) is 5.92 Å². The lowest BCUT2D eigenvalue weighted by Gasteiger charge is -2.32. The van der Waals surface area contributed by atoms with Crippen molar-refractivity contribution < 1.29 is 14.6 Å². The molecular formula is C13H23N3O3. The molecular weight excluding hydrogens is 246 g/mol. The molecule has 1 fully saturated rings. The summed E-state index contributed by atoms with van der Waals surface area (Å²) >= 11 is 0. The highest BCUT2D eigenvalue weighted by molar-refractivity contribution is 4.88. The Hall–Kier alpha value is -0.980. The molecule has 108 valence electrons. The number of hydrogen-bond acceptors (Lipinski definition) is 6. The lowest BCUT2D eigenvalue weighted by atomic mass is 9.91. The van der Waals surface area contributed by atoms with Crippen LogP contribution in [0.4, 0.5) is 0 Å². The molecule has 2 rings (SSSR count). The summed E-state index contributed by atoms with van der Waals surface area (Å²) in [5.74, 6) is 1.80. The van der Waals surface area contributed by atoms with Crippen molar-refractivity contribution in [1.82, 2.24) is 15.1 Å². The van der Waals surface area contributed by atoms with E-state index in [0.29, 0.717) is 18.3 Å². The molecule has 1 aliphatic rings. The normalized spacial score (nSPS) is 20.1. The minimum atomic E-state index is -0.585. The van der Waals surface area contributed by atoms with E-state index in [1.165, 1.54) is 0 Å². The average Bonchev–Trinajstić information content (AvgIpc) is 2.87. The van der Waals surface area contributed by atoms with Gasteiger partial charge in [0.25, 0.3) is 0 Å². The van der Waals surface area contributed by atoms with Gasteiger partial charge in [-0.1, -0.05) is 13.8 Å². The van der Waals surface area contributed by atoms with Crippen molar-refractivity contribution in [1.29, 1.82) is 0 Å². The molecule has 1 aromatic heterocycles. The van der Waals surface area contributed by atoms with E-state index in [9.17, 15) is 5.11 Å². The number of rotatable bonds is 5. The van der Waals surface area contributed by atoms with Gasteiger partial charge < -0.3 is 14.6 Å². The molecule has 1 saturated heterocycles. The average molecular weight is 269 g/mol. The number of hydrogen-bond donors (Lipinski definition) is 2. The molecule has 2 N–H and O–H groups in total. The van der Waals surface area contributed by atoms with E-state index in [-0.39, 0.29) is 18.4 Å². The van der Waals surface area contributed by atoms with Crippen molar-refractivity contribution in [2.45, 2.75) is 45.3 Å². The Bertz CT molecular complexity index is 386. The fraction of sp³-hybridized carbons (Fsp3) is 0.846. The zero-order chi connectivity index (χ0) is 13.8. The lowest BCUT2D eigenvalue weighted by molar-refractivity contribution is 0.0160. The molecule has 0 radical (unpaired) electrons. The third kappa shape index (κ3) is 3.75. The SMILES string of the molecule is CC(C)c1nnc(CN2CCC(C(O)CO)CC2)o1. The molecule has 0 spiro atoms. The molecule has 0 aromatic carbocycles. The van der Waals surface area contributed by atoms with E-state index in [0.717, 1.165) is 25.9 Å². The second kappa shape index (κ2) is 6.45. The predicted octanol–water partition coefficient (Wildman–Crippen LogP) is 0.758. The van der Waals surface area contributed by atoms with Gasteiger partial charge in [-0.3, -0.25) is 4.90 Å². The smallest absolute Gasteiger partial charge is 0.230 e. The van der Waals surface area contributed by atoms with Crippen LogP contribution >= 0.6 is 0 Å². The molecule has 0 aliphatic carbocycles. The summed E-state index contributed by atoms with van der Waals surface area (Å²) in [6, 6.07) is 0. The zero-order valence-electron chi connectivity index (χ0n) is 11.6. The van der Waals surface area contributed by atoms with Gasteiger partial charge in [-0.2, -0.15) is 0 Å². The fourth-order valence-corrected chi connectivity index (χ4v) is 2.40. The van der Waals surface area contributed by atoms with Crippen LogP contribution in [0.1, 0.15) is 44.4 Å². The minimum absolute atomic E-state index is 0.147. The van der Waals surface area contributed by atoms with Crippen molar-refractivity contribution in [3.63, 3.8) is 0 Å². The molecule has 19 heavy (non-hydrogen) atoms. The maximum absolute atomic E-state index is 9.61. The van der Waals surface area contributed by atoms with Crippen LogP contribution in [0.15, 0.2) is 4.42 Å². The molecule has 0 amide bonds. The largest absolute Gasteiger partial charge is 0.424 e. The molecule has 1 atom stereocenters. The maximum Gasteiger partial charge on any atom is 0.230 e. The molecule has 0 bridgehead atoms. The fourth-order valence-electron chi connectivity index (χ4n) is 2.40. The van der Waals surface area contributed by atoms with Crippen LogP contribution in [-0.2, 0) is 6.54 Å². The molecule has 6 heteroatoms. The second-order valence-corrected chi connectivity index (χ2v) is 5.55. The summed E-state index contributed by atoms with van der Waals surface area (Å²) in [6.07, 6.45) is 1.21. The van der Waals surface area contributed by atoms with Crippen LogP contribution in [-0.4, -0.2) is 51.1 Å². The van der Waals surface area contributed by atoms with Gasteiger partial charge in [0.15, 0.2) is 0 Å². The van der Waals surface area contributed by atoms with Crippen LogP contribution in [0, 0.1) is 5.92 Å². The summed E-state index contributed by atoms with van der Waals surface area (Å²) in [6.45, 7) is 6.36. The first-order valence-electron chi connectivity index (χ1n) is 6.93. The van der Waals surface area contributed by atoms with Crippen LogP contribution in [0.25, 0.3) is 0 Å². The second-order valence-electron chi connectivity index (χ2n) is 5.55. The van der Waals surface area contributed by atoms with E-state index in [1.807, 2.05) is 13.8 Å². The maximum atomic E-state index is 9.61. The Kier molecular flexibility index (Phi) is 4.90. The number of aliphatic hydroxyl groups is 2. The first-order chi connectivity index (χ1) is 9.10. The summed E-state index contributed by atoms with van der Waals surface area (Å²) in [5, 5.41) is 26.6. The van der Waals surface area contributed by atoms with Crippen molar-refractivity contribution in [2.75, 3.05) is 19.7 Å². The Labute approximate surface area is 113 Å². The summed E-state index contributed by atoms with van der Waals surface area (Å²) < 4.78 is 5.59. The standard InChI is InChI=1S/C13H23N3O3/c1-9(2)13-15-14-12(19-13)7-16-5-3-10(4-6-16)11(18)8-17/h9-11,17-18H,3-8H2,1-2H3. The van der Waals surface area contributed by atoms with E-state index >= 15 is 0 Å². The van der Waals surface area contributed by atoms with Gasteiger partial charge in [-0.15, -0.1) is 10.2 Å². The van der Waals surface area contributed by atoms with E-state index in [1.54, 1.807) is 0 Å². The Morgan fingerprint density at radius 2 is 2.00 bits per heavy atom. The van der Waals surface area contributed by atoms with Gasteiger partial charge in [0, 0.05) is 5.92 Å². The molecule has 1 unspecified atom stereocenters. The predicted molar refractivity (Wildman–Crippen MR) is 69.5 cm³/mol. The van der Waals surface area contributed by atoms with E-state index < -0.39 is 6.10 Å². The molecule has 1 aromatic rings. The van der Waals surface area contributed by atoms with Crippen LogP contribution in [0.3, 0.4) is 0 Å². The van der Waals surface area contributed by atoms with E-state index in [2.05, 4.69) is 15.1 Å². The number of nitrogens with zero attached hydrogens (tertiary/aromatic N) is 3. The Balaban J connectivity index is 1.81. The van der Waals surface area contributed by atoms with Gasteiger partial charge in [0.2, 0.25) is 11.8 Å². The van der Waals surface area contributed by atoms with E-state index in [4.69, 9.17) is 9.52 Å². The van der Waals surface area contributed by atoms with Crippen molar-refractivity contribution in [3.05, 3.63) is 11.8 Å². The van der Waals surface area contributed by atoms with Gasteiger partial charge in [-0.25, -0.2) is 0 Å². The third-order valence-electron chi connectivity index (χ3n) is 3.70. The topological polar surface area (TPSA) is 82.6 Å². The molecule has 6 nitrogen and oxygen atoms in total. The molecule has 0 saturated carbocycles. The van der Waals surface area contributed by atoms with Gasteiger partial charge in [0.1, 0.15) is 0 Å². The quantitative estimate of drug-likeness (QED) is 0.821. The Morgan fingerprint density at radius 3 is 2.53 bits per heavy atom. The summed E-state index contributed by atoms with van der Waals surface area (Å²) in [7, 11) is 0. The number of aromatic nitrogens is 2. The van der Waals surface area contributed by atoms with Gasteiger partial charge >= 0.3 is 0 Å². The van der Waals surface area contributed by atoms with Gasteiger partial charge in [0.05, 0.1) is 19.3 Å². The molecule has 1 aliphatic heterocycles. The zero-order valence-corrected chi connectivity index (χ0v) is 11.6. The van der Waals surface area contributed by atoms with Crippen LogP contribution < -0.4 is 0 Å². The van der Waals surface area contributed by atoms with Crippen molar-refractivity contribution in [3.8, 4) is 0 Å². The first-order valence-corrected chi connectivity index (χ1v) is 6.93. The highest BCUT2D eigenvalue weighted by Crippen LogP contribution is 2.22. The number of piperidine rings is 1. The third-order valence-corrected chi connectivity index (χ3v) is 3.70. The summed E-state index contributed by atoms with van der Waals surface area (Å²) in [4.78, 5) is 2.25. The molecule has 2 heterocycles. The van der Waals surface area contributed by atoms with Crippen LogP contribution in [0.2, 0.25) is 0 Å². The Morgan fingerprint density at radius 1 is 1.32 bits per heavy atom. The monoisotopic (exact) mass is 269 g/mol. The van der Waals surface area contributed by atoms with Gasteiger partial charge in [-0.05, 0) is 31.8 Å². The summed E-state index contributed by atoms with van der Waals surface area (Å²) in [5.41, 5.74) is 0. The first kappa shape index (κ1) is 14.4. The van der Waals surface area contributed by atoms with Crippen LogP contribution in [0.5, 0.6) is 0 Å². The number of aliphatic hydroxyl groups excluding tert-OH is 2. The highest BCUT2D eigenvalue weighted by Gasteiger charge is 2.25. The number of likely N-dealkylation sites (tertiary alicyclic amines) is 1. The minimum Gasteiger partial charge on any atom is -0.424 e. The lowest BCUT2D eigenvalue weighted by Crippen LogP contribution is -2.38. The van der Waals surface area contributed by atoms with Crippen molar-refractivity contribution >= 4 is 0 Å². The highest BCUT2D eigenvalue weighted by atomic mass is 16.4.